The Morgan fingerprint density at radius 2 is 1.59 bits per heavy atom. The molecule has 3 fully saturated rings. The molecule has 1 N–H and O–H groups in total. The molecule has 192 valence electrons. The summed E-state index contributed by atoms with van der Waals surface area (Å²) < 4.78 is 11.7. The number of hydrogen-bond acceptors (Lipinski definition) is 5. The number of amides is 1. The Morgan fingerprint density at radius 1 is 0.919 bits per heavy atom. The first kappa shape index (κ1) is 24.8. The summed E-state index contributed by atoms with van der Waals surface area (Å²) in [6, 6.07) is 24.0. The lowest BCUT2D eigenvalue weighted by Crippen LogP contribution is -2.59. The van der Waals surface area contributed by atoms with Crippen LogP contribution in [0.25, 0.3) is 0 Å². The molecule has 37 heavy (non-hydrogen) atoms. The van der Waals surface area contributed by atoms with Crippen molar-refractivity contribution in [1.29, 1.82) is 0 Å². The summed E-state index contributed by atoms with van der Waals surface area (Å²) in [5.41, 5.74) is 2.43. The van der Waals surface area contributed by atoms with Crippen LogP contribution in [0.2, 0.25) is 0 Å². The van der Waals surface area contributed by atoms with Gasteiger partial charge in [0.05, 0.1) is 12.1 Å². The molecule has 1 amide bonds. The van der Waals surface area contributed by atoms with E-state index in [0.717, 1.165) is 49.9 Å². The number of carboxylic acid groups (broad SMARTS) is 1. The van der Waals surface area contributed by atoms with Crippen molar-refractivity contribution in [2.45, 2.75) is 24.9 Å². The molecule has 0 spiro atoms. The van der Waals surface area contributed by atoms with Crippen molar-refractivity contribution < 1.29 is 24.2 Å². The van der Waals surface area contributed by atoms with E-state index in [0.29, 0.717) is 36.2 Å². The Bertz CT molecular complexity index is 1190. The SMILES string of the molecule is O=Cc1ccc(OCCOc2cccc([C@H](c3ccccc3)N(C(=O)O)C3CN4CCC3CC4)c2)cc1. The van der Waals surface area contributed by atoms with Gasteiger partial charge in [-0.2, -0.15) is 0 Å². The average Bonchev–Trinajstić information content (AvgIpc) is 2.95. The fourth-order valence-corrected chi connectivity index (χ4v) is 5.58. The monoisotopic (exact) mass is 500 g/mol. The highest BCUT2D eigenvalue weighted by Crippen LogP contribution is 2.39. The lowest BCUT2D eigenvalue weighted by atomic mass is 9.81. The smallest absolute Gasteiger partial charge is 0.408 e. The van der Waals surface area contributed by atoms with Crippen LogP contribution in [0.4, 0.5) is 4.79 Å². The number of hydrogen-bond donors (Lipinski definition) is 1. The maximum Gasteiger partial charge on any atom is 0.408 e. The molecular weight excluding hydrogens is 468 g/mol. The van der Waals surface area contributed by atoms with Crippen molar-refractivity contribution >= 4 is 12.4 Å². The Balaban J connectivity index is 1.34. The third kappa shape index (κ3) is 5.78. The first-order valence-corrected chi connectivity index (χ1v) is 12.8. The van der Waals surface area contributed by atoms with Gasteiger partial charge in [-0.05, 0) is 79.4 Å². The van der Waals surface area contributed by atoms with E-state index in [-0.39, 0.29) is 6.04 Å². The van der Waals surface area contributed by atoms with Crippen LogP contribution in [0.15, 0.2) is 78.9 Å². The van der Waals surface area contributed by atoms with Crippen LogP contribution in [0.1, 0.15) is 40.4 Å². The number of aldehydes is 1. The summed E-state index contributed by atoms with van der Waals surface area (Å²) in [5, 5.41) is 10.5. The van der Waals surface area contributed by atoms with E-state index in [4.69, 9.17) is 9.47 Å². The minimum absolute atomic E-state index is 0.0474. The number of piperidine rings is 3. The Kier molecular flexibility index (Phi) is 7.70. The second-order valence-corrected chi connectivity index (χ2v) is 9.66. The van der Waals surface area contributed by atoms with E-state index in [2.05, 4.69) is 4.90 Å². The lowest BCUT2D eigenvalue weighted by Gasteiger charge is -2.50. The van der Waals surface area contributed by atoms with E-state index < -0.39 is 12.1 Å². The zero-order valence-electron chi connectivity index (χ0n) is 20.7. The quantitative estimate of drug-likeness (QED) is 0.308. The summed E-state index contributed by atoms with van der Waals surface area (Å²) in [6.07, 6.45) is 1.98. The molecule has 3 aromatic carbocycles. The molecule has 3 aliphatic rings. The molecule has 2 atom stereocenters. The van der Waals surface area contributed by atoms with Gasteiger partial charge in [0.2, 0.25) is 0 Å². The Hall–Kier alpha value is -3.84. The van der Waals surface area contributed by atoms with Crippen LogP contribution in [0.5, 0.6) is 11.5 Å². The van der Waals surface area contributed by atoms with Crippen LogP contribution >= 0.6 is 0 Å². The highest BCUT2D eigenvalue weighted by atomic mass is 16.5. The number of benzene rings is 3. The van der Waals surface area contributed by atoms with Crippen molar-refractivity contribution in [2.75, 3.05) is 32.8 Å². The molecule has 7 nitrogen and oxygen atoms in total. The van der Waals surface area contributed by atoms with Crippen molar-refractivity contribution in [3.8, 4) is 11.5 Å². The predicted molar refractivity (Wildman–Crippen MR) is 140 cm³/mol. The van der Waals surface area contributed by atoms with Crippen molar-refractivity contribution in [3.63, 3.8) is 0 Å². The molecular formula is C30H32N2O5. The lowest BCUT2D eigenvalue weighted by molar-refractivity contribution is -0.000812. The molecule has 7 heteroatoms. The number of carbonyl (C=O) groups excluding carboxylic acids is 1. The van der Waals surface area contributed by atoms with E-state index in [1.807, 2.05) is 54.6 Å². The molecule has 0 radical (unpaired) electrons. The predicted octanol–water partition coefficient (Wildman–Crippen LogP) is 5.12. The fourth-order valence-electron chi connectivity index (χ4n) is 5.58. The third-order valence-corrected chi connectivity index (χ3v) is 7.40. The van der Waals surface area contributed by atoms with E-state index in [1.165, 1.54) is 0 Å². The normalized spacial score (nSPS) is 21.1. The van der Waals surface area contributed by atoms with Gasteiger partial charge in [-0.25, -0.2) is 4.79 Å². The highest BCUT2D eigenvalue weighted by Gasteiger charge is 2.43. The zero-order valence-corrected chi connectivity index (χ0v) is 20.7. The first-order chi connectivity index (χ1) is 18.1. The van der Waals surface area contributed by atoms with E-state index in [1.54, 1.807) is 29.2 Å². The second kappa shape index (κ2) is 11.5. The van der Waals surface area contributed by atoms with Crippen LogP contribution < -0.4 is 9.47 Å². The average molecular weight is 501 g/mol. The largest absolute Gasteiger partial charge is 0.490 e. The maximum absolute atomic E-state index is 12.8. The Morgan fingerprint density at radius 3 is 2.22 bits per heavy atom. The fraction of sp³-hybridized carbons (Fsp3) is 0.333. The van der Waals surface area contributed by atoms with Gasteiger partial charge in [-0.15, -0.1) is 0 Å². The molecule has 3 heterocycles. The second-order valence-electron chi connectivity index (χ2n) is 9.66. The minimum Gasteiger partial charge on any atom is -0.490 e. The number of carbonyl (C=O) groups is 2. The van der Waals surface area contributed by atoms with Gasteiger partial charge in [0, 0.05) is 12.1 Å². The van der Waals surface area contributed by atoms with Crippen LogP contribution in [0.3, 0.4) is 0 Å². The summed E-state index contributed by atoms with van der Waals surface area (Å²) in [5.74, 6) is 1.71. The highest BCUT2D eigenvalue weighted by molar-refractivity contribution is 5.74. The van der Waals surface area contributed by atoms with Gasteiger partial charge in [-0.3, -0.25) is 9.69 Å². The summed E-state index contributed by atoms with van der Waals surface area (Å²) >= 11 is 0. The van der Waals surface area contributed by atoms with E-state index >= 15 is 0 Å². The van der Waals surface area contributed by atoms with E-state index in [9.17, 15) is 14.7 Å². The number of rotatable bonds is 10. The summed E-state index contributed by atoms with van der Waals surface area (Å²) in [4.78, 5) is 27.6. The summed E-state index contributed by atoms with van der Waals surface area (Å²) in [7, 11) is 0. The van der Waals surface area contributed by atoms with Gasteiger partial charge >= 0.3 is 6.09 Å². The number of nitrogens with zero attached hydrogens (tertiary/aromatic N) is 2. The van der Waals surface area contributed by atoms with Crippen LogP contribution in [-0.2, 0) is 0 Å². The van der Waals surface area contributed by atoms with Crippen LogP contribution in [0, 0.1) is 5.92 Å². The van der Waals surface area contributed by atoms with Gasteiger partial charge < -0.3 is 19.5 Å². The number of fused-ring (bicyclic) bond motifs is 3. The molecule has 0 saturated carbocycles. The topological polar surface area (TPSA) is 79.3 Å². The van der Waals surface area contributed by atoms with Crippen LogP contribution in [-0.4, -0.2) is 66.2 Å². The molecule has 6 rings (SSSR count). The molecule has 2 bridgehead atoms. The van der Waals surface area contributed by atoms with Gasteiger partial charge in [-0.1, -0.05) is 42.5 Å². The van der Waals surface area contributed by atoms with Gasteiger partial charge in [0.1, 0.15) is 31.0 Å². The zero-order chi connectivity index (χ0) is 25.6. The maximum atomic E-state index is 12.8. The van der Waals surface area contributed by atoms with Crippen molar-refractivity contribution in [2.24, 2.45) is 5.92 Å². The first-order valence-electron chi connectivity index (χ1n) is 12.8. The third-order valence-electron chi connectivity index (χ3n) is 7.40. The number of ether oxygens (including phenoxy) is 2. The Labute approximate surface area is 217 Å². The van der Waals surface area contributed by atoms with Gasteiger partial charge in [0.15, 0.2) is 0 Å². The molecule has 1 unspecified atom stereocenters. The molecule has 0 aromatic heterocycles. The minimum atomic E-state index is -0.895. The molecule has 3 aliphatic heterocycles. The van der Waals surface area contributed by atoms with Crippen molar-refractivity contribution in [3.05, 3.63) is 95.6 Å². The standard InChI is InChI=1S/C30H32N2O5/c33-21-22-9-11-26(12-10-22)36-17-18-37-27-8-4-7-25(19-27)29(24-5-2-1-3-6-24)32(30(34)35)28-20-31-15-13-23(28)14-16-31/h1-12,19,21,23,28-29H,13-18,20H2,(H,34,35)/t28?,29-/m0/s1. The molecule has 3 aromatic rings. The molecule has 3 saturated heterocycles. The molecule has 0 aliphatic carbocycles. The summed E-state index contributed by atoms with van der Waals surface area (Å²) in [6.45, 7) is 3.56. The van der Waals surface area contributed by atoms with Crippen molar-refractivity contribution in [1.82, 2.24) is 9.80 Å². The van der Waals surface area contributed by atoms with Gasteiger partial charge in [0.25, 0.3) is 0 Å².